The maximum Gasteiger partial charge on any atom is 0.257 e. The molecule has 1 N–H and O–H groups in total. The van der Waals surface area contributed by atoms with Crippen molar-refractivity contribution in [1.29, 1.82) is 0 Å². The van der Waals surface area contributed by atoms with Gasteiger partial charge in [-0.2, -0.15) is 0 Å². The highest BCUT2D eigenvalue weighted by Gasteiger charge is 2.37. The topological polar surface area (TPSA) is 56.4 Å². The lowest BCUT2D eigenvalue weighted by atomic mass is 10.1. The molecule has 6 heteroatoms. The predicted molar refractivity (Wildman–Crippen MR) is 88.4 cm³/mol. The number of H-pyrrole nitrogens is 1. The summed E-state index contributed by atoms with van der Waals surface area (Å²) in [6, 6.07) is 5.51. The minimum Gasteiger partial charge on any atom is -0.358 e. The van der Waals surface area contributed by atoms with E-state index < -0.39 is 0 Å². The van der Waals surface area contributed by atoms with E-state index in [1.54, 1.807) is 15.9 Å². The molecule has 0 atom stereocenters. The number of nitrogens with one attached hydrogen (secondary N) is 1. The Hall–Kier alpha value is -2.01. The maximum absolute atomic E-state index is 12.9. The van der Waals surface area contributed by atoms with Crippen molar-refractivity contribution in [3.8, 4) is 0 Å². The third-order valence-electron chi connectivity index (χ3n) is 4.67. The fraction of sp³-hybridized carbons (Fsp3) is 0.412. The van der Waals surface area contributed by atoms with Crippen LogP contribution < -0.4 is 0 Å². The molecule has 0 radical (unpaired) electrons. The Morgan fingerprint density at radius 2 is 1.96 bits per heavy atom. The molecule has 2 fully saturated rings. The molecule has 2 amide bonds. The second kappa shape index (κ2) is 5.27. The van der Waals surface area contributed by atoms with Crippen LogP contribution in [0.4, 0.5) is 0 Å². The summed E-state index contributed by atoms with van der Waals surface area (Å²) in [7, 11) is 0. The quantitative estimate of drug-likeness (QED) is 0.920. The SMILES string of the molecule is Cc1[nH]c2ccc(Cl)cc2c1C(=O)N1CCN(C(=O)C2CC2)C1. The van der Waals surface area contributed by atoms with Crippen molar-refractivity contribution in [3.05, 3.63) is 34.5 Å². The lowest BCUT2D eigenvalue weighted by Gasteiger charge is -2.18. The van der Waals surface area contributed by atoms with Crippen molar-refractivity contribution in [1.82, 2.24) is 14.8 Å². The number of aromatic nitrogens is 1. The van der Waals surface area contributed by atoms with Crippen LogP contribution in [-0.2, 0) is 4.79 Å². The van der Waals surface area contributed by atoms with Crippen LogP contribution in [0.1, 0.15) is 28.9 Å². The Morgan fingerprint density at radius 1 is 1.22 bits per heavy atom. The van der Waals surface area contributed by atoms with Gasteiger partial charge in [0, 0.05) is 40.6 Å². The van der Waals surface area contributed by atoms with Gasteiger partial charge in [-0.3, -0.25) is 9.59 Å². The molecule has 1 aliphatic carbocycles. The van der Waals surface area contributed by atoms with E-state index in [1.807, 2.05) is 19.1 Å². The van der Waals surface area contributed by atoms with Crippen LogP contribution in [0.2, 0.25) is 5.02 Å². The summed E-state index contributed by atoms with van der Waals surface area (Å²) in [5.41, 5.74) is 2.39. The zero-order chi connectivity index (χ0) is 16.1. The van der Waals surface area contributed by atoms with Gasteiger partial charge in [-0.15, -0.1) is 0 Å². The number of aryl methyl sites for hydroxylation is 1. The predicted octanol–water partition coefficient (Wildman–Crippen LogP) is 2.78. The lowest BCUT2D eigenvalue weighted by molar-refractivity contribution is -0.131. The monoisotopic (exact) mass is 331 g/mol. The van der Waals surface area contributed by atoms with Crippen molar-refractivity contribution in [2.24, 2.45) is 5.92 Å². The van der Waals surface area contributed by atoms with Crippen LogP contribution in [0.15, 0.2) is 18.2 Å². The molecule has 120 valence electrons. The summed E-state index contributed by atoms with van der Waals surface area (Å²) in [6.07, 6.45) is 1.98. The van der Waals surface area contributed by atoms with Gasteiger partial charge < -0.3 is 14.8 Å². The maximum atomic E-state index is 12.9. The number of rotatable bonds is 2. The highest BCUT2D eigenvalue weighted by molar-refractivity contribution is 6.31. The zero-order valence-corrected chi connectivity index (χ0v) is 13.7. The first kappa shape index (κ1) is 14.6. The molecule has 4 rings (SSSR count). The molecule has 1 aromatic heterocycles. The molecule has 5 nitrogen and oxygen atoms in total. The van der Waals surface area contributed by atoms with Gasteiger partial charge >= 0.3 is 0 Å². The van der Waals surface area contributed by atoms with Gasteiger partial charge in [0.1, 0.15) is 0 Å². The van der Waals surface area contributed by atoms with Gasteiger partial charge in [0.05, 0.1) is 12.2 Å². The minimum atomic E-state index is -0.0397. The van der Waals surface area contributed by atoms with E-state index in [4.69, 9.17) is 11.6 Å². The number of hydrogen-bond donors (Lipinski definition) is 1. The second-order valence-corrected chi connectivity index (χ2v) is 6.84. The molecule has 1 aromatic carbocycles. The molecule has 2 aromatic rings. The normalized spacial score (nSPS) is 18.0. The lowest BCUT2D eigenvalue weighted by Crippen LogP contribution is -2.34. The summed E-state index contributed by atoms with van der Waals surface area (Å²) in [6.45, 7) is 3.50. The summed E-state index contributed by atoms with van der Waals surface area (Å²) in [5.74, 6) is 0.347. The Balaban J connectivity index is 1.61. The summed E-state index contributed by atoms with van der Waals surface area (Å²) < 4.78 is 0. The van der Waals surface area contributed by atoms with Crippen LogP contribution in [0.25, 0.3) is 10.9 Å². The van der Waals surface area contributed by atoms with Gasteiger partial charge in [0.25, 0.3) is 5.91 Å². The van der Waals surface area contributed by atoms with Crippen molar-refractivity contribution < 1.29 is 9.59 Å². The molecular formula is C17H18ClN3O2. The van der Waals surface area contributed by atoms with Crippen LogP contribution >= 0.6 is 11.6 Å². The zero-order valence-electron chi connectivity index (χ0n) is 12.9. The first-order valence-electron chi connectivity index (χ1n) is 7.90. The first-order valence-corrected chi connectivity index (χ1v) is 8.28. The largest absolute Gasteiger partial charge is 0.358 e. The molecule has 2 aliphatic rings. The molecule has 1 saturated heterocycles. The third kappa shape index (κ3) is 2.49. The molecule has 23 heavy (non-hydrogen) atoms. The minimum absolute atomic E-state index is 0.0397. The first-order chi connectivity index (χ1) is 11.0. The standard InChI is InChI=1S/C17H18ClN3O2/c1-10-15(13-8-12(18)4-5-14(13)19-10)17(23)21-7-6-20(9-21)16(22)11-2-3-11/h4-5,8,11,19H,2-3,6-7,9H2,1H3. The van der Waals surface area contributed by atoms with Crippen LogP contribution in [0, 0.1) is 12.8 Å². The molecule has 0 bridgehead atoms. The van der Waals surface area contributed by atoms with Crippen molar-refractivity contribution in [2.75, 3.05) is 19.8 Å². The van der Waals surface area contributed by atoms with E-state index in [0.29, 0.717) is 30.3 Å². The smallest absolute Gasteiger partial charge is 0.257 e. The van der Waals surface area contributed by atoms with E-state index in [1.165, 1.54) is 0 Å². The van der Waals surface area contributed by atoms with Gasteiger partial charge in [-0.1, -0.05) is 11.6 Å². The second-order valence-electron chi connectivity index (χ2n) is 6.40. The Bertz CT molecular complexity index is 810. The number of carbonyl (C=O) groups is 2. The van der Waals surface area contributed by atoms with Crippen molar-refractivity contribution in [3.63, 3.8) is 0 Å². The van der Waals surface area contributed by atoms with E-state index >= 15 is 0 Å². The highest BCUT2D eigenvalue weighted by atomic mass is 35.5. The molecule has 1 saturated carbocycles. The Kier molecular flexibility index (Phi) is 3.34. The fourth-order valence-electron chi connectivity index (χ4n) is 3.26. The number of benzene rings is 1. The van der Waals surface area contributed by atoms with Gasteiger partial charge in [0.15, 0.2) is 0 Å². The number of amides is 2. The van der Waals surface area contributed by atoms with Gasteiger partial charge in [-0.25, -0.2) is 0 Å². The number of nitrogens with zero attached hydrogens (tertiary/aromatic N) is 2. The number of carbonyl (C=O) groups excluding carboxylic acids is 2. The third-order valence-corrected chi connectivity index (χ3v) is 4.90. The average Bonchev–Trinajstić information content (AvgIpc) is 3.16. The van der Waals surface area contributed by atoms with E-state index in [9.17, 15) is 9.59 Å². The van der Waals surface area contributed by atoms with E-state index in [2.05, 4.69) is 4.98 Å². The van der Waals surface area contributed by atoms with Crippen molar-refractivity contribution >= 4 is 34.3 Å². The number of hydrogen-bond acceptors (Lipinski definition) is 2. The molecule has 2 heterocycles. The average molecular weight is 332 g/mol. The molecule has 1 aliphatic heterocycles. The van der Waals surface area contributed by atoms with Crippen molar-refractivity contribution in [2.45, 2.75) is 19.8 Å². The Morgan fingerprint density at radius 3 is 2.70 bits per heavy atom. The van der Waals surface area contributed by atoms with Crippen LogP contribution in [0.3, 0.4) is 0 Å². The summed E-state index contributed by atoms with van der Waals surface area (Å²) in [5, 5.41) is 1.45. The van der Waals surface area contributed by atoms with E-state index in [-0.39, 0.29) is 17.7 Å². The molecular weight excluding hydrogens is 314 g/mol. The summed E-state index contributed by atoms with van der Waals surface area (Å²) in [4.78, 5) is 31.9. The summed E-state index contributed by atoms with van der Waals surface area (Å²) >= 11 is 6.08. The number of aromatic amines is 1. The Labute approximate surface area is 139 Å². The number of fused-ring (bicyclic) bond motifs is 1. The molecule has 0 unspecified atom stereocenters. The highest BCUT2D eigenvalue weighted by Crippen LogP contribution is 2.32. The van der Waals surface area contributed by atoms with Gasteiger partial charge in [0.2, 0.25) is 5.91 Å². The van der Waals surface area contributed by atoms with Gasteiger partial charge in [-0.05, 0) is 38.0 Å². The molecule has 0 spiro atoms. The van der Waals surface area contributed by atoms with Crippen LogP contribution in [-0.4, -0.2) is 46.4 Å². The fourth-order valence-corrected chi connectivity index (χ4v) is 3.43. The number of halogens is 1. The van der Waals surface area contributed by atoms with Crippen LogP contribution in [0.5, 0.6) is 0 Å². The van der Waals surface area contributed by atoms with E-state index in [0.717, 1.165) is 29.4 Å².